The number of hydrogen-bond acceptors (Lipinski definition) is 4. The van der Waals surface area contributed by atoms with Gasteiger partial charge in [0.15, 0.2) is 0 Å². The molecule has 0 saturated heterocycles. The van der Waals surface area contributed by atoms with Crippen LogP contribution in [0, 0.1) is 5.82 Å². The predicted molar refractivity (Wildman–Crippen MR) is 92.8 cm³/mol. The van der Waals surface area contributed by atoms with Crippen LogP contribution < -0.4 is 5.32 Å². The van der Waals surface area contributed by atoms with Gasteiger partial charge in [0.2, 0.25) is 5.13 Å². The first-order valence-electron chi connectivity index (χ1n) is 7.63. The van der Waals surface area contributed by atoms with E-state index in [4.69, 9.17) is 0 Å². The van der Waals surface area contributed by atoms with Gasteiger partial charge in [-0.25, -0.2) is 4.39 Å². The summed E-state index contributed by atoms with van der Waals surface area (Å²) in [5, 5.41) is 12.0. The Morgan fingerprint density at radius 1 is 1.12 bits per heavy atom. The number of nitrogens with zero attached hydrogens (tertiary/aromatic N) is 2. The summed E-state index contributed by atoms with van der Waals surface area (Å²) in [6.07, 6.45) is 0.875. The summed E-state index contributed by atoms with van der Waals surface area (Å²) in [5.41, 5.74) is 1.15. The minimum atomic E-state index is -0.560. The number of aromatic nitrogens is 2. The number of halogens is 1. The predicted octanol–water partition coefficient (Wildman–Crippen LogP) is 4.47. The topological polar surface area (TPSA) is 54.9 Å². The highest BCUT2D eigenvalue weighted by molar-refractivity contribution is 7.15. The third-order valence-corrected chi connectivity index (χ3v) is 4.64. The maximum atomic E-state index is 13.7. The van der Waals surface area contributed by atoms with Crippen LogP contribution in [0.1, 0.15) is 40.2 Å². The van der Waals surface area contributed by atoms with Gasteiger partial charge in [0.05, 0.1) is 5.56 Å². The monoisotopic (exact) mass is 341 g/mol. The van der Waals surface area contributed by atoms with Gasteiger partial charge < -0.3 is 0 Å². The first-order valence-corrected chi connectivity index (χ1v) is 8.45. The normalized spacial score (nSPS) is 11.9. The molecule has 122 valence electrons. The van der Waals surface area contributed by atoms with Gasteiger partial charge in [-0.15, -0.1) is 10.2 Å². The molecule has 0 aliphatic heterocycles. The van der Waals surface area contributed by atoms with Gasteiger partial charge in [0.25, 0.3) is 5.91 Å². The lowest BCUT2D eigenvalue weighted by molar-refractivity contribution is 0.102. The summed E-state index contributed by atoms with van der Waals surface area (Å²) in [5.74, 6) is -0.957. The van der Waals surface area contributed by atoms with Gasteiger partial charge in [0, 0.05) is 5.92 Å². The highest BCUT2D eigenvalue weighted by atomic mass is 32.1. The van der Waals surface area contributed by atoms with Crippen molar-refractivity contribution < 1.29 is 9.18 Å². The summed E-state index contributed by atoms with van der Waals surface area (Å²) in [6.45, 7) is 2.08. The molecule has 1 N–H and O–H groups in total. The van der Waals surface area contributed by atoms with E-state index in [1.54, 1.807) is 12.1 Å². The molecule has 3 rings (SSSR count). The van der Waals surface area contributed by atoms with E-state index in [2.05, 4.69) is 22.4 Å². The summed E-state index contributed by atoms with van der Waals surface area (Å²) in [7, 11) is 0. The highest BCUT2D eigenvalue weighted by Gasteiger charge is 2.19. The Kier molecular flexibility index (Phi) is 4.96. The van der Waals surface area contributed by atoms with E-state index >= 15 is 0 Å². The summed E-state index contributed by atoms with van der Waals surface area (Å²) < 4.78 is 13.7. The fourth-order valence-corrected chi connectivity index (χ4v) is 3.42. The Balaban J connectivity index is 1.78. The van der Waals surface area contributed by atoms with Crippen LogP contribution in [0.2, 0.25) is 0 Å². The van der Waals surface area contributed by atoms with Crippen molar-refractivity contribution in [1.82, 2.24) is 10.2 Å². The fourth-order valence-electron chi connectivity index (χ4n) is 2.47. The largest absolute Gasteiger partial charge is 0.296 e. The number of carbonyl (C=O) groups excluding carboxylic acids is 1. The Labute approximate surface area is 143 Å². The van der Waals surface area contributed by atoms with Crippen LogP contribution in [-0.2, 0) is 0 Å². The Bertz CT molecular complexity index is 835. The molecule has 0 aliphatic rings. The highest BCUT2D eigenvalue weighted by Crippen LogP contribution is 2.31. The molecule has 24 heavy (non-hydrogen) atoms. The number of benzene rings is 2. The molecule has 4 nitrogen and oxygen atoms in total. The van der Waals surface area contributed by atoms with Crippen molar-refractivity contribution in [2.45, 2.75) is 19.3 Å². The molecule has 1 unspecified atom stereocenters. The zero-order chi connectivity index (χ0) is 16.9. The van der Waals surface area contributed by atoms with Gasteiger partial charge in [-0.3, -0.25) is 10.1 Å². The smallest absolute Gasteiger partial charge is 0.260 e. The van der Waals surface area contributed by atoms with Crippen LogP contribution in [0.4, 0.5) is 9.52 Å². The summed E-state index contributed by atoms with van der Waals surface area (Å²) in [6, 6.07) is 15.9. The van der Waals surface area contributed by atoms with E-state index in [1.165, 1.54) is 23.5 Å². The van der Waals surface area contributed by atoms with E-state index in [0.29, 0.717) is 5.13 Å². The number of carbonyl (C=O) groups is 1. The molecule has 0 fully saturated rings. The first-order chi connectivity index (χ1) is 11.7. The molecule has 1 aromatic heterocycles. The Morgan fingerprint density at radius 2 is 1.83 bits per heavy atom. The third kappa shape index (κ3) is 3.49. The molecule has 0 spiro atoms. The first kappa shape index (κ1) is 16.3. The van der Waals surface area contributed by atoms with Gasteiger partial charge in [-0.05, 0) is 24.1 Å². The average molecular weight is 341 g/mol. The molecule has 3 aromatic rings. The van der Waals surface area contributed by atoms with E-state index in [0.717, 1.165) is 17.0 Å². The van der Waals surface area contributed by atoms with Crippen LogP contribution in [0.5, 0.6) is 0 Å². The van der Waals surface area contributed by atoms with Crippen molar-refractivity contribution in [1.29, 1.82) is 0 Å². The lowest BCUT2D eigenvalue weighted by atomic mass is 9.97. The number of hydrogen-bond donors (Lipinski definition) is 1. The zero-order valence-corrected chi connectivity index (χ0v) is 13.9. The quantitative estimate of drug-likeness (QED) is 0.745. The van der Waals surface area contributed by atoms with Crippen LogP contribution in [-0.4, -0.2) is 16.1 Å². The van der Waals surface area contributed by atoms with Crippen molar-refractivity contribution in [2.75, 3.05) is 5.32 Å². The second-order valence-electron chi connectivity index (χ2n) is 5.25. The molecular formula is C18H16FN3OS. The maximum absolute atomic E-state index is 13.7. The van der Waals surface area contributed by atoms with Gasteiger partial charge in [-0.2, -0.15) is 0 Å². The van der Waals surface area contributed by atoms with Crippen molar-refractivity contribution >= 4 is 22.4 Å². The Hall–Kier alpha value is -2.60. The van der Waals surface area contributed by atoms with Gasteiger partial charge in [0.1, 0.15) is 10.8 Å². The molecule has 0 aliphatic carbocycles. The van der Waals surface area contributed by atoms with E-state index in [-0.39, 0.29) is 11.5 Å². The number of amides is 1. The molecule has 1 atom stereocenters. The lowest BCUT2D eigenvalue weighted by Crippen LogP contribution is -2.13. The second-order valence-corrected chi connectivity index (χ2v) is 6.26. The Morgan fingerprint density at radius 3 is 2.54 bits per heavy atom. The van der Waals surface area contributed by atoms with Crippen LogP contribution in [0.15, 0.2) is 54.6 Å². The lowest BCUT2D eigenvalue weighted by Gasteiger charge is -2.11. The van der Waals surface area contributed by atoms with Crippen molar-refractivity contribution in [3.63, 3.8) is 0 Å². The average Bonchev–Trinajstić information content (AvgIpc) is 3.05. The molecule has 0 bridgehead atoms. The van der Waals surface area contributed by atoms with E-state index in [9.17, 15) is 9.18 Å². The maximum Gasteiger partial charge on any atom is 0.260 e. The molecule has 2 aromatic carbocycles. The summed E-state index contributed by atoms with van der Waals surface area (Å²) in [4.78, 5) is 12.1. The fraction of sp³-hybridized carbons (Fsp3) is 0.167. The minimum Gasteiger partial charge on any atom is -0.296 e. The van der Waals surface area contributed by atoms with Crippen LogP contribution >= 0.6 is 11.3 Å². The van der Waals surface area contributed by atoms with Gasteiger partial charge in [-0.1, -0.05) is 60.7 Å². The molecule has 6 heteroatoms. The zero-order valence-electron chi connectivity index (χ0n) is 13.1. The van der Waals surface area contributed by atoms with E-state index in [1.807, 2.05) is 30.3 Å². The van der Waals surface area contributed by atoms with Crippen LogP contribution in [0.3, 0.4) is 0 Å². The van der Waals surface area contributed by atoms with Crippen molar-refractivity contribution in [3.8, 4) is 0 Å². The third-order valence-electron chi connectivity index (χ3n) is 3.69. The second kappa shape index (κ2) is 7.31. The molecule has 0 radical (unpaired) electrons. The minimum absolute atomic E-state index is 0.00986. The van der Waals surface area contributed by atoms with Crippen molar-refractivity contribution in [3.05, 3.63) is 76.5 Å². The number of nitrogens with one attached hydrogen (secondary N) is 1. The molecule has 1 heterocycles. The molecular weight excluding hydrogens is 325 g/mol. The number of rotatable bonds is 5. The van der Waals surface area contributed by atoms with Crippen LogP contribution in [0.25, 0.3) is 0 Å². The number of anilines is 1. The standard InChI is InChI=1S/C18H16FN3OS/c1-2-13(12-8-4-3-5-9-12)17-21-22-18(24-17)20-16(23)14-10-6-7-11-15(14)19/h3-11,13H,2H2,1H3,(H,20,22,23). The molecule has 1 amide bonds. The van der Waals surface area contributed by atoms with E-state index < -0.39 is 11.7 Å². The van der Waals surface area contributed by atoms with Gasteiger partial charge >= 0.3 is 0 Å². The SMILES string of the molecule is CCC(c1ccccc1)c1nnc(NC(=O)c2ccccc2F)s1. The van der Waals surface area contributed by atoms with Crippen molar-refractivity contribution in [2.24, 2.45) is 0 Å². The summed E-state index contributed by atoms with van der Waals surface area (Å²) >= 11 is 1.31. The molecule has 0 saturated carbocycles.